The summed E-state index contributed by atoms with van der Waals surface area (Å²) in [6, 6.07) is 20.6. The molecule has 1 amide bonds. The lowest BCUT2D eigenvalue weighted by Crippen LogP contribution is -2.41. The third kappa shape index (κ3) is 5.75. The Hall–Kier alpha value is -2.50. The van der Waals surface area contributed by atoms with Gasteiger partial charge in [-0.15, -0.1) is 11.3 Å². The maximum atomic E-state index is 12.7. The average molecular weight is 407 g/mol. The van der Waals surface area contributed by atoms with Gasteiger partial charge in [0.25, 0.3) is 0 Å². The van der Waals surface area contributed by atoms with Crippen LogP contribution in [0.5, 0.6) is 0 Å². The van der Waals surface area contributed by atoms with Crippen LogP contribution in [0, 0.1) is 0 Å². The van der Waals surface area contributed by atoms with Crippen molar-refractivity contribution >= 4 is 17.2 Å². The summed E-state index contributed by atoms with van der Waals surface area (Å²) in [5.41, 5.74) is 3.33. The van der Waals surface area contributed by atoms with Crippen molar-refractivity contribution in [2.24, 2.45) is 0 Å². The molecule has 0 saturated carbocycles. The van der Waals surface area contributed by atoms with Gasteiger partial charge in [-0.25, -0.2) is 4.98 Å². The minimum Gasteiger partial charge on any atom is -0.373 e. The smallest absolute Gasteiger partial charge is 0.228 e. The first kappa shape index (κ1) is 19.8. The van der Waals surface area contributed by atoms with E-state index in [1.165, 1.54) is 11.1 Å². The number of hydrogen-bond acceptors (Lipinski definition) is 4. The first-order chi connectivity index (χ1) is 14.3. The van der Waals surface area contributed by atoms with Gasteiger partial charge in [0, 0.05) is 24.9 Å². The Bertz CT molecular complexity index is 903. The number of likely N-dealkylation sites (tertiary alicyclic amines) is 1. The maximum Gasteiger partial charge on any atom is 0.228 e. The van der Waals surface area contributed by atoms with Crippen molar-refractivity contribution in [3.8, 4) is 0 Å². The highest BCUT2D eigenvalue weighted by molar-refractivity contribution is 7.09. The Labute approximate surface area is 176 Å². The fourth-order valence-corrected chi connectivity index (χ4v) is 4.44. The third-order valence-corrected chi connectivity index (χ3v) is 6.15. The summed E-state index contributed by atoms with van der Waals surface area (Å²) in [7, 11) is 0. The van der Waals surface area contributed by atoms with Crippen LogP contribution in [0.25, 0.3) is 0 Å². The number of nitrogens with zero attached hydrogens (tertiary/aromatic N) is 2. The number of thiazole rings is 1. The van der Waals surface area contributed by atoms with Crippen molar-refractivity contribution in [3.05, 3.63) is 87.9 Å². The largest absolute Gasteiger partial charge is 0.373 e. The van der Waals surface area contributed by atoms with Gasteiger partial charge in [-0.3, -0.25) is 4.79 Å². The second-order valence-corrected chi connectivity index (χ2v) is 8.39. The Kier molecular flexibility index (Phi) is 6.70. The lowest BCUT2D eigenvalue weighted by molar-refractivity contribution is -0.133. The Morgan fingerprint density at radius 1 is 1.00 bits per heavy atom. The summed E-state index contributed by atoms with van der Waals surface area (Å²) in [5, 5.41) is 3.08. The zero-order chi connectivity index (χ0) is 19.9. The molecule has 0 unspecified atom stereocenters. The van der Waals surface area contributed by atoms with Crippen molar-refractivity contribution in [1.82, 2.24) is 9.88 Å². The molecule has 4 nitrogen and oxygen atoms in total. The molecule has 1 saturated heterocycles. The van der Waals surface area contributed by atoms with Crippen LogP contribution in [0.2, 0.25) is 0 Å². The summed E-state index contributed by atoms with van der Waals surface area (Å²) in [4.78, 5) is 19.3. The molecule has 5 heteroatoms. The summed E-state index contributed by atoms with van der Waals surface area (Å²) in [6.45, 7) is 2.17. The first-order valence-electron chi connectivity index (χ1n) is 10.2. The molecule has 0 bridgehead atoms. The van der Waals surface area contributed by atoms with E-state index in [2.05, 4.69) is 29.2 Å². The summed E-state index contributed by atoms with van der Waals surface area (Å²) in [6.07, 6.45) is 3.24. The number of carbonyl (C=O) groups excluding carboxylic acids is 1. The number of benzene rings is 2. The molecule has 4 rings (SSSR count). The molecule has 0 spiro atoms. The number of amides is 1. The van der Waals surface area contributed by atoms with Crippen molar-refractivity contribution in [2.75, 3.05) is 13.1 Å². The predicted molar refractivity (Wildman–Crippen MR) is 116 cm³/mol. The normalized spacial score (nSPS) is 14.8. The SMILES string of the molecule is O=C(Cc1csc(Cc2ccccc2)n1)N1CCC(OCc2ccccc2)CC1. The van der Waals surface area contributed by atoms with Gasteiger partial charge in [0.1, 0.15) is 0 Å². The van der Waals surface area contributed by atoms with Crippen LogP contribution in [0.15, 0.2) is 66.0 Å². The van der Waals surface area contributed by atoms with E-state index in [1.54, 1.807) is 11.3 Å². The molecule has 0 aliphatic carbocycles. The summed E-state index contributed by atoms with van der Waals surface area (Å²) < 4.78 is 6.03. The quantitative estimate of drug-likeness (QED) is 0.581. The molecule has 2 heterocycles. The van der Waals surface area contributed by atoms with Crippen molar-refractivity contribution in [1.29, 1.82) is 0 Å². The van der Waals surface area contributed by atoms with Crippen LogP contribution < -0.4 is 0 Å². The molecule has 150 valence electrons. The molecule has 1 fully saturated rings. The fraction of sp³-hybridized carbons (Fsp3) is 0.333. The molecule has 0 radical (unpaired) electrons. The van der Waals surface area contributed by atoms with Gasteiger partial charge in [-0.2, -0.15) is 0 Å². The molecule has 0 atom stereocenters. The van der Waals surface area contributed by atoms with Crippen LogP contribution in [-0.2, 0) is 29.0 Å². The molecule has 2 aromatic carbocycles. The predicted octanol–water partition coefficient (Wildman–Crippen LogP) is 4.48. The fourth-order valence-electron chi connectivity index (χ4n) is 3.61. The molecule has 3 aromatic rings. The highest BCUT2D eigenvalue weighted by atomic mass is 32.1. The van der Waals surface area contributed by atoms with Gasteiger partial charge >= 0.3 is 0 Å². The minimum atomic E-state index is 0.170. The van der Waals surface area contributed by atoms with Crippen LogP contribution in [-0.4, -0.2) is 35.0 Å². The lowest BCUT2D eigenvalue weighted by atomic mass is 10.1. The zero-order valence-corrected chi connectivity index (χ0v) is 17.3. The van der Waals surface area contributed by atoms with E-state index in [1.807, 2.05) is 46.7 Å². The summed E-state index contributed by atoms with van der Waals surface area (Å²) >= 11 is 1.64. The molecule has 1 aliphatic heterocycles. The maximum absolute atomic E-state index is 12.7. The molecular formula is C24H26N2O2S. The molecular weight excluding hydrogens is 380 g/mol. The van der Waals surface area contributed by atoms with Gasteiger partial charge < -0.3 is 9.64 Å². The van der Waals surface area contributed by atoms with Gasteiger partial charge in [0.05, 0.1) is 29.8 Å². The second-order valence-electron chi connectivity index (χ2n) is 7.45. The number of hydrogen-bond donors (Lipinski definition) is 0. The van der Waals surface area contributed by atoms with Crippen molar-refractivity contribution < 1.29 is 9.53 Å². The second kappa shape index (κ2) is 9.81. The lowest BCUT2D eigenvalue weighted by Gasteiger charge is -2.32. The van der Waals surface area contributed by atoms with E-state index < -0.39 is 0 Å². The van der Waals surface area contributed by atoms with Crippen molar-refractivity contribution in [2.45, 2.75) is 38.4 Å². The van der Waals surface area contributed by atoms with Gasteiger partial charge in [0.15, 0.2) is 0 Å². The Morgan fingerprint density at radius 2 is 1.66 bits per heavy atom. The Balaban J connectivity index is 1.22. The van der Waals surface area contributed by atoms with Crippen molar-refractivity contribution in [3.63, 3.8) is 0 Å². The average Bonchev–Trinajstić information content (AvgIpc) is 3.20. The monoisotopic (exact) mass is 406 g/mol. The molecule has 1 aliphatic rings. The van der Waals surface area contributed by atoms with E-state index in [9.17, 15) is 4.79 Å². The third-order valence-electron chi connectivity index (χ3n) is 5.25. The Morgan fingerprint density at radius 3 is 2.34 bits per heavy atom. The number of aromatic nitrogens is 1. The van der Waals surface area contributed by atoms with E-state index in [4.69, 9.17) is 4.74 Å². The van der Waals surface area contributed by atoms with Crippen LogP contribution in [0.3, 0.4) is 0 Å². The molecule has 0 N–H and O–H groups in total. The van der Waals surface area contributed by atoms with Gasteiger partial charge in [-0.1, -0.05) is 60.7 Å². The highest BCUT2D eigenvalue weighted by Gasteiger charge is 2.23. The number of carbonyl (C=O) groups is 1. The van der Waals surface area contributed by atoms with Crippen LogP contribution >= 0.6 is 11.3 Å². The van der Waals surface area contributed by atoms with Gasteiger partial charge in [0.2, 0.25) is 5.91 Å². The number of rotatable bonds is 7. The minimum absolute atomic E-state index is 0.170. The van der Waals surface area contributed by atoms with E-state index in [0.29, 0.717) is 13.0 Å². The number of ether oxygens (including phenoxy) is 1. The topological polar surface area (TPSA) is 42.4 Å². The van der Waals surface area contributed by atoms with Crippen LogP contribution in [0.4, 0.5) is 0 Å². The van der Waals surface area contributed by atoms with Gasteiger partial charge in [-0.05, 0) is 24.0 Å². The zero-order valence-electron chi connectivity index (χ0n) is 16.5. The standard InChI is InChI=1S/C24H26N2O2S/c27-24(16-21-18-29-23(25-21)15-19-7-3-1-4-8-19)26-13-11-22(12-14-26)28-17-20-9-5-2-6-10-20/h1-10,18,22H,11-17H2. The molecule has 29 heavy (non-hydrogen) atoms. The van der Waals surface area contributed by atoms with Crippen LogP contribution in [0.1, 0.15) is 34.7 Å². The van der Waals surface area contributed by atoms with E-state index in [-0.39, 0.29) is 12.0 Å². The first-order valence-corrected chi connectivity index (χ1v) is 11.0. The summed E-state index contributed by atoms with van der Waals surface area (Å²) in [5.74, 6) is 0.170. The van der Waals surface area contributed by atoms with E-state index >= 15 is 0 Å². The van der Waals surface area contributed by atoms with E-state index in [0.717, 1.165) is 43.1 Å². The number of piperidine rings is 1. The highest BCUT2D eigenvalue weighted by Crippen LogP contribution is 2.19. The molecule has 1 aromatic heterocycles.